The average molecular weight is 291 g/mol. The first kappa shape index (κ1) is 17.5. The van der Waals surface area contributed by atoms with E-state index in [1.807, 2.05) is 25.1 Å². The number of carbonyl (C=O) groups excluding carboxylic acids is 1. The zero-order chi connectivity index (χ0) is 15.8. The molecule has 1 amide bonds. The highest BCUT2D eigenvalue weighted by atomic mass is 16.2. The van der Waals surface area contributed by atoms with Gasteiger partial charge >= 0.3 is 0 Å². The summed E-state index contributed by atoms with van der Waals surface area (Å²) in [6, 6.07) is 5.60. The molecule has 0 heterocycles. The van der Waals surface area contributed by atoms with Gasteiger partial charge in [0, 0.05) is 11.4 Å². The second kappa shape index (κ2) is 8.67. The van der Waals surface area contributed by atoms with Crippen LogP contribution in [0.15, 0.2) is 18.2 Å². The molecule has 0 radical (unpaired) electrons. The third-order valence-corrected chi connectivity index (χ3v) is 3.93. The van der Waals surface area contributed by atoms with Gasteiger partial charge in [-0.1, -0.05) is 33.3 Å². The molecule has 0 fully saturated rings. The summed E-state index contributed by atoms with van der Waals surface area (Å²) in [4.78, 5) is 14.5. The Hall–Kier alpha value is -1.55. The van der Waals surface area contributed by atoms with Crippen LogP contribution in [0.1, 0.15) is 46.1 Å². The van der Waals surface area contributed by atoms with Gasteiger partial charge < -0.3 is 11.1 Å². The minimum absolute atomic E-state index is 0.0246. The lowest BCUT2D eigenvalue weighted by Crippen LogP contribution is -2.42. The number of aryl methyl sites for hydroxylation is 1. The molecule has 0 bridgehead atoms. The van der Waals surface area contributed by atoms with Crippen molar-refractivity contribution in [1.29, 1.82) is 0 Å². The zero-order valence-corrected chi connectivity index (χ0v) is 13.8. The first-order valence-corrected chi connectivity index (χ1v) is 7.96. The molecule has 1 aromatic carbocycles. The first-order valence-electron chi connectivity index (χ1n) is 7.96. The van der Waals surface area contributed by atoms with Crippen LogP contribution in [0.2, 0.25) is 0 Å². The van der Waals surface area contributed by atoms with Crippen LogP contribution in [-0.2, 0) is 11.2 Å². The molecule has 0 aliphatic heterocycles. The lowest BCUT2D eigenvalue weighted by atomic mass is 10.1. The van der Waals surface area contributed by atoms with Crippen LogP contribution in [0.3, 0.4) is 0 Å². The number of anilines is 2. The van der Waals surface area contributed by atoms with Gasteiger partial charge in [0.15, 0.2) is 0 Å². The first-order chi connectivity index (χ1) is 10.0. The van der Waals surface area contributed by atoms with E-state index in [9.17, 15) is 4.79 Å². The minimum atomic E-state index is -0.131. The number of nitrogen functional groups attached to an aromatic ring is 1. The quantitative estimate of drug-likeness (QED) is 0.723. The van der Waals surface area contributed by atoms with Crippen molar-refractivity contribution in [1.82, 2.24) is 4.90 Å². The molecule has 0 saturated heterocycles. The molecule has 1 rings (SSSR count). The normalized spacial score (nSPS) is 12.4. The van der Waals surface area contributed by atoms with Gasteiger partial charge in [0.1, 0.15) is 0 Å². The number of hydrogen-bond acceptors (Lipinski definition) is 3. The number of carbonyl (C=O) groups is 1. The Morgan fingerprint density at radius 1 is 1.33 bits per heavy atom. The number of benzene rings is 1. The number of nitrogens with one attached hydrogen (secondary N) is 1. The Morgan fingerprint density at radius 2 is 2.05 bits per heavy atom. The summed E-state index contributed by atoms with van der Waals surface area (Å²) in [6.07, 6.45) is 3.15. The molecule has 1 unspecified atom stereocenters. The Kier molecular flexibility index (Phi) is 7.23. The highest BCUT2D eigenvalue weighted by Gasteiger charge is 2.19. The molecule has 1 aromatic rings. The number of hydrogen-bond donors (Lipinski definition) is 2. The van der Waals surface area contributed by atoms with Gasteiger partial charge in [-0.3, -0.25) is 9.69 Å². The molecule has 1 atom stereocenters. The smallest absolute Gasteiger partial charge is 0.241 e. The predicted molar refractivity (Wildman–Crippen MR) is 90.5 cm³/mol. The van der Waals surface area contributed by atoms with Crippen molar-refractivity contribution >= 4 is 17.3 Å². The van der Waals surface area contributed by atoms with Crippen molar-refractivity contribution < 1.29 is 4.79 Å². The Balaban J connectivity index is 2.68. The molecule has 4 heteroatoms. The van der Waals surface area contributed by atoms with Crippen molar-refractivity contribution in [2.24, 2.45) is 0 Å². The molecular formula is C17H29N3O. The number of rotatable bonds is 8. The van der Waals surface area contributed by atoms with E-state index in [0.29, 0.717) is 0 Å². The summed E-state index contributed by atoms with van der Waals surface area (Å²) in [6.45, 7) is 10.1. The molecule has 4 nitrogen and oxygen atoms in total. The average Bonchev–Trinajstić information content (AvgIpc) is 2.48. The van der Waals surface area contributed by atoms with Gasteiger partial charge in [-0.05, 0) is 50.6 Å². The monoisotopic (exact) mass is 291 g/mol. The van der Waals surface area contributed by atoms with Crippen LogP contribution in [0, 0.1) is 0 Å². The molecule has 0 aliphatic carbocycles. The number of nitrogens with zero attached hydrogens (tertiary/aromatic N) is 1. The second-order valence-corrected chi connectivity index (χ2v) is 5.41. The topological polar surface area (TPSA) is 58.4 Å². The van der Waals surface area contributed by atoms with Crippen molar-refractivity contribution in [3.8, 4) is 0 Å². The van der Waals surface area contributed by atoms with Crippen LogP contribution in [0.25, 0.3) is 0 Å². The fraction of sp³-hybridized carbons (Fsp3) is 0.588. The zero-order valence-electron chi connectivity index (χ0n) is 13.8. The molecule has 0 saturated carbocycles. The van der Waals surface area contributed by atoms with E-state index >= 15 is 0 Å². The van der Waals surface area contributed by atoms with Gasteiger partial charge in [-0.25, -0.2) is 0 Å². The summed E-state index contributed by atoms with van der Waals surface area (Å²) in [5.41, 5.74) is 8.59. The highest BCUT2D eigenvalue weighted by molar-refractivity contribution is 5.95. The van der Waals surface area contributed by atoms with Crippen LogP contribution < -0.4 is 11.1 Å². The maximum Gasteiger partial charge on any atom is 0.241 e. The number of amides is 1. The summed E-state index contributed by atoms with van der Waals surface area (Å²) in [5, 5.41) is 2.96. The Morgan fingerprint density at radius 3 is 2.57 bits per heavy atom. The third kappa shape index (κ3) is 5.05. The van der Waals surface area contributed by atoms with Gasteiger partial charge in [-0.15, -0.1) is 0 Å². The Labute approximate surface area is 128 Å². The number of unbranched alkanes of at least 4 members (excludes halogenated alkanes) is 1. The van der Waals surface area contributed by atoms with E-state index in [0.717, 1.165) is 49.3 Å². The maximum absolute atomic E-state index is 12.3. The predicted octanol–water partition coefficient (Wildman–Crippen LogP) is 3.28. The Bertz CT molecular complexity index is 459. The van der Waals surface area contributed by atoms with Gasteiger partial charge in [0.2, 0.25) is 5.91 Å². The molecule has 3 N–H and O–H groups in total. The van der Waals surface area contributed by atoms with Crippen molar-refractivity contribution in [2.45, 2.75) is 53.0 Å². The van der Waals surface area contributed by atoms with E-state index in [1.165, 1.54) is 0 Å². The second-order valence-electron chi connectivity index (χ2n) is 5.41. The number of nitrogens with two attached hydrogens (primary N) is 1. The van der Waals surface area contributed by atoms with Crippen molar-refractivity contribution in [2.75, 3.05) is 24.1 Å². The summed E-state index contributed by atoms with van der Waals surface area (Å²) in [5.74, 6) is 0.0246. The molecule has 21 heavy (non-hydrogen) atoms. The number of likely N-dealkylation sites (N-methyl/N-ethyl adjacent to an activating group) is 1. The van der Waals surface area contributed by atoms with Crippen molar-refractivity contribution in [3.05, 3.63) is 23.8 Å². The maximum atomic E-state index is 12.3. The standard InChI is InChI=1S/C17H29N3O/c1-5-8-11-20(7-3)13(4)17(21)19-15-10-9-14(6-2)16(18)12-15/h9-10,12-13H,5-8,11,18H2,1-4H3,(H,19,21). The minimum Gasteiger partial charge on any atom is -0.398 e. The fourth-order valence-electron chi connectivity index (χ4n) is 2.39. The van der Waals surface area contributed by atoms with Gasteiger partial charge in [0.25, 0.3) is 0 Å². The largest absolute Gasteiger partial charge is 0.398 e. The van der Waals surface area contributed by atoms with Gasteiger partial charge in [-0.2, -0.15) is 0 Å². The van der Waals surface area contributed by atoms with E-state index < -0.39 is 0 Å². The SMILES string of the molecule is CCCCN(CC)C(C)C(=O)Nc1ccc(CC)c(N)c1. The molecule has 0 aromatic heterocycles. The van der Waals surface area contributed by atoms with Crippen LogP contribution in [-0.4, -0.2) is 29.9 Å². The van der Waals surface area contributed by atoms with E-state index in [-0.39, 0.29) is 11.9 Å². The lowest BCUT2D eigenvalue weighted by molar-refractivity contribution is -0.120. The van der Waals surface area contributed by atoms with E-state index in [1.54, 1.807) is 0 Å². The van der Waals surface area contributed by atoms with Crippen LogP contribution in [0.4, 0.5) is 11.4 Å². The third-order valence-electron chi connectivity index (χ3n) is 3.93. The molecular weight excluding hydrogens is 262 g/mol. The summed E-state index contributed by atoms with van der Waals surface area (Å²) in [7, 11) is 0. The molecule has 118 valence electrons. The molecule has 0 aliphatic rings. The summed E-state index contributed by atoms with van der Waals surface area (Å²) >= 11 is 0. The van der Waals surface area contributed by atoms with Crippen LogP contribution >= 0.6 is 0 Å². The molecule has 0 spiro atoms. The highest BCUT2D eigenvalue weighted by Crippen LogP contribution is 2.19. The van der Waals surface area contributed by atoms with Gasteiger partial charge in [0.05, 0.1) is 6.04 Å². The summed E-state index contributed by atoms with van der Waals surface area (Å²) < 4.78 is 0. The lowest BCUT2D eigenvalue weighted by Gasteiger charge is -2.26. The van der Waals surface area contributed by atoms with E-state index in [2.05, 4.69) is 31.0 Å². The van der Waals surface area contributed by atoms with Crippen LogP contribution in [0.5, 0.6) is 0 Å². The fourth-order valence-corrected chi connectivity index (χ4v) is 2.39. The van der Waals surface area contributed by atoms with E-state index in [4.69, 9.17) is 5.73 Å². The van der Waals surface area contributed by atoms with Crippen molar-refractivity contribution in [3.63, 3.8) is 0 Å².